The molecule has 0 bridgehead atoms. The van der Waals surface area contributed by atoms with Gasteiger partial charge in [0.15, 0.2) is 0 Å². The Hall–Kier alpha value is -3.37. The number of hydrogen-bond acceptors (Lipinski definition) is 4. The van der Waals surface area contributed by atoms with Gasteiger partial charge in [-0.15, -0.1) is 11.3 Å². The van der Waals surface area contributed by atoms with Gasteiger partial charge in [0.1, 0.15) is 28.7 Å². The molecule has 2 aromatic carbocycles. The monoisotopic (exact) mass is 465 g/mol. The molecule has 0 spiro atoms. The normalized spacial score (nSPS) is 11.1. The molecule has 0 saturated heterocycles. The highest BCUT2D eigenvalue weighted by Crippen LogP contribution is 2.23. The summed E-state index contributed by atoms with van der Waals surface area (Å²) in [5.74, 6) is -3.21. The number of nitrogens with one attached hydrogen (secondary N) is 1. The van der Waals surface area contributed by atoms with Crippen molar-refractivity contribution in [1.29, 1.82) is 0 Å². The predicted octanol–water partition coefficient (Wildman–Crippen LogP) is 3.92. The fraction of sp³-hybridized carbons (Fsp3) is 0.0500. The van der Waals surface area contributed by atoms with Crippen molar-refractivity contribution in [3.8, 4) is 5.69 Å². The number of aromatic nitrogens is 2. The molecule has 1 amide bonds. The molecule has 0 radical (unpaired) electrons. The number of rotatable bonds is 4. The van der Waals surface area contributed by atoms with E-state index in [0.29, 0.717) is 10.6 Å². The summed E-state index contributed by atoms with van der Waals surface area (Å²) in [7, 11) is 0. The number of hydrogen-bond donors (Lipinski definition) is 1. The molecular formula is C20H11ClF3N3O3S. The molecule has 4 rings (SSSR count). The van der Waals surface area contributed by atoms with Gasteiger partial charge < -0.3 is 5.32 Å². The molecule has 2 aromatic heterocycles. The lowest BCUT2D eigenvalue weighted by Gasteiger charge is -2.13. The van der Waals surface area contributed by atoms with Crippen LogP contribution in [0.3, 0.4) is 0 Å². The predicted molar refractivity (Wildman–Crippen MR) is 112 cm³/mol. The maximum absolute atomic E-state index is 13.7. The lowest BCUT2D eigenvalue weighted by atomic mass is 10.3. The molecule has 158 valence electrons. The van der Waals surface area contributed by atoms with Crippen molar-refractivity contribution in [3.05, 3.63) is 91.2 Å². The van der Waals surface area contributed by atoms with E-state index in [4.69, 9.17) is 11.6 Å². The number of thiophene rings is 1. The fourth-order valence-electron chi connectivity index (χ4n) is 3.06. The topological polar surface area (TPSA) is 73.1 Å². The van der Waals surface area contributed by atoms with Gasteiger partial charge in [0.2, 0.25) is 5.91 Å². The minimum absolute atomic E-state index is 0.0402. The second kappa shape index (κ2) is 8.05. The van der Waals surface area contributed by atoms with Gasteiger partial charge in [-0.3, -0.25) is 14.2 Å². The lowest BCUT2D eigenvalue weighted by Crippen LogP contribution is -2.40. The van der Waals surface area contributed by atoms with E-state index < -0.39 is 41.2 Å². The summed E-state index contributed by atoms with van der Waals surface area (Å²) in [6, 6.07) is 7.15. The summed E-state index contributed by atoms with van der Waals surface area (Å²) in [5, 5.41) is 3.97. The number of benzene rings is 2. The van der Waals surface area contributed by atoms with Crippen molar-refractivity contribution >= 4 is 44.7 Å². The molecule has 0 aliphatic heterocycles. The van der Waals surface area contributed by atoms with Gasteiger partial charge in [0.25, 0.3) is 5.56 Å². The highest BCUT2D eigenvalue weighted by Gasteiger charge is 2.19. The minimum Gasteiger partial charge on any atom is -0.323 e. The molecule has 11 heteroatoms. The van der Waals surface area contributed by atoms with E-state index in [1.54, 1.807) is 5.38 Å². The van der Waals surface area contributed by atoms with Gasteiger partial charge in [-0.25, -0.2) is 22.5 Å². The molecule has 31 heavy (non-hydrogen) atoms. The quantitative estimate of drug-likeness (QED) is 0.496. The first-order chi connectivity index (χ1) is 14.7. The van der Waals surface area contributed by atoms with E-state index in [9.17, 15) is 27.6 Å². The van der Waals surface area contributed by atoms with E-state index in [1.807, 2.05) is 0 Å². The van der Waals surface area contributed by atoms with E-state index in [-0.39, 0.29) is 26.6 Å². The Morgan fingerprint density at radius 3 is 2.39 bits per heavy atom. The number of anilines is 1. The number of fused-ring (bicyclic) bond motifs is 1. The number of nitrogens with zero attached hydrogens (tertiary/aromatic N) is 2. The van der Waals surface area contributed by atoms with Gasteiger partial charge in [0, 0.05) is 6.07 Å². The van der Waals surface area contributed by atoms with Crippen molar-refractivity contribution in [2.24, 2.45) is 0 Å². The van der Waals surface area contributed by atoms with Crippen LogP contribution >= 0.6 is 22.9 Å². The molecule has 0 aliphatic carbocycles. The first kappa shape index (κ1) is 20.9. The zero-order valence-corrected chi connectivity index (χ0v) is 16.9. The van der Waals surface area contributed by atoms with Gasteiger partial charge in [-0.2, -0.15) is 0 Å². The Balaban J connectivity index is 1.81. The summed E-state index contributed by atoms with van der Waals surface area (Å²) in [6.07, 6.45) is 0. The van der Waals surface area contributed by atoms with Crippen LogP contribution < -0.4 is 16.6 Å². The van der Waals surface area contributed by atoms with E-state index in [2.05, 4.69) is 5.32 Å². The van der Waals surface area contributed by atoms with Crippen molar-refractivity contribution in [3.63, 3.8) is 0 Å². The first-order valence-corrected chi connectivity index (χ1v) is 9.95. The van der Waals surface area contributed by atoms with Crippen LogP contribution in [0.25, 0.3) is 15.9 Å². The molecule has 0 unspecified atom stereocenters. The maximum Gasteiger partial charge on any atom is 0.336 e. The van der Waals surface area contributed by atoms with Crippen LogP contribution in [0, 0.1) is 17.5 Å². The van der Waals surface area contributed by atoms with Crippen LogP contribution in [0.5, 0.6) is 0 Å². The lowest BCUT2D eigenvalue weighted by molar-refractivity contribution is -0.116. The van der Waals surface area contributed by atoms with Crippen LogP contribution in [0.2, 0.25) is 5.02 Å². The molecule has 4 aromatic rings. The van der Waals surface area contributed by atoms with Gasteiger partial charge in [-0.05, 0) is 41.8 Å². The van der Waals surface area contributed by atoms with Crippen LogP contribution in [0.1, 0.15) is 0 Å². The third-order valence-corrected chi connectivity index (χ3v) is 5.57. The molecule has 6 nitrogen and oxygen atoms in total. The second-order valence-corrected chi connectivity index (χ2v) is 7.77. The Bertz CT molecular complexity index is 1440. The zero-order chi connectivity index (χ0) is 22.3. The molecule has 0 saturated carbocycles. The van der Waals surface area contributed by atoms with Gasteiger partial charge in [-0.1, -0.05) is 11.6 Å². The fourth-order valence-corrected chi connectivity index (χ4v) is 4.10. The van der Waals surface area contributed by atoms with Crippen LogP contribution in [-0.2, 0) is 11.3 Å². The highest BCUT2D eigenvalue weighted by atomic mass is 35.5. The van der Waals surface area contributed by atoms with Gasteiger partial charge in [0.05, 0.1) is 21.9 Å². The standard InChI is InChI=1S/C20H11ClF3N3O3S/c21-14-8-10(22)1-2-15(14)25-17(28)9-26-16-3-4-31-18(16)19(29)27(20(26)30)13-6-11(23)5-12(24)7-13/h1-8H,9H2,(H,25,28). The smallest absolute Gasteiger partial charge is 0.323 e. The van der Waals surface area contributed by atoms with Crippen molar-refractivity contribution in [2.75, 3.05) is 5.32 Å². The van der Waals surface area contributed by atoms with E-state index >= 15 is 0 Å². The highest BCUT2D eigenvalue weighted by molar-refractivity contribution is 7.17. The van der Waals surface area contributed by atoms with Crippen molar-refractivity contribution in [1.82, 2.24) is 9.13 Å². The second-order valence-electron chi connectivity index (χ2n) is 6.44. The summed E-state index contributed by atoms with van der Waals surface area (Å²) < 4.78 is 42.3. The van der Waals surface area contributed by atoms with Crippen LogP contribution in [0.15, 0.2) is 57.4 Å². The van der Waals surface area contributed by atoms with E-state index in [1.165, 1.54) is 12.1 Å². The molecule has 1 N–H and O–H groups in total. The maximum atomic E-state index is 13.7. The SMILES string of the molecule is O=C(Cn1c(=O)n(-c2cc(F)cc(F)c2)c(=O)c2sccc21)Nc1ccc(F)cc1Cl. The average Bonchev–Trinajstić information content (AvgIpc) is 3.17. The van der Waals surface area contributed by atoms with E-state index in [0.717, 1.165) is 40.2 Å². The molecule has 0 atom stereocenters. The first-order valence-electron chi connectivity index (χ1n) is 8.69. The Morgan fingerprint density at radius 2 is 1.71 bits per heavy atom. The Kier molecular flexibility index (Phi) is 5.42. The number of halogens is 4. The summed E-state index contributed by atoms with van der Waals surface area (Å²) in [5.41, 5.74) is -1.71. The zero-order valence-electron chi connectivity index (χ0n) is 15.4. The number of carbonyl (C=O) groups is 1. The number of carbonyl (C=O) groups excluding carboxylic acids is 1. The third-order valence-electron chi connectivity index (χ3n) is 4.37. The summed E-state index contributed by atoms with van der Waals surface area (Å²) >= 11 is 6.92. The Labute approximate surface area is 180 Å². The number of amides is 1. The average molecular weight is 466 g/mol. The summed E-state index contributed by atoms with van der Waals surface area (Å²) in [4.78, 5) is 38.4. The van der Waals surface area contributed by atoms with Crippen molar-refractivity contribution in [2.45, 2.75) is 6.54 Å². The van der Waals surface area contributed by atoms with Crippen LogP contribution in [0.4, 0.5) is 18.9 Å². The Morgan fingerprint density at radius 1 is 1.00 bits per heavy atom. The largest absolute Gasteiger partial charge is 0.336 e. The summed E-state index contributed by atoms with van der Waals surface area (Å²) in [6.45, 7) is -0.530. The molecular weight excluding hydrogens is 455 g/mol. The molecule has 0 aliphatic rings. The molecule has 0 fully saturated rings. The third kappa shape index (κ3) is 3.99. The minimum atomic E-state index is -0.970. The van der Waals surface area contributed by atoms with Crippen LogP contribution in [-0.4, -0.2) is 15.0 Å². The van der Waals surface area contributed by atoms with Gasteiger partial charge >= 0.3 is 5.69 Å². The molecule has 2 heterocycles. The van der Waals surface area contributed by atoms with Crippen molar-refractivity contribution < 1.29 is 18.0 Å².